The van der Waals surface area contributed by atoms with Crippen LogP contribution in [0.1, 0.15) is 12.8 Å². The summed E-state index contributed by atoms with van der Waals surface area (Å²) in [5.74, 6) is -0.379. The molecule has 5 nitrogen and oxygen atoms in total. The summed E-state index contributed by atoms with van der Waals surface area (Å²) in [5, 5.41) is 5.59. The first kappa shape index (κ1) is 14.7. The Hall–Kier alpha value is -1.66. The van der Waals surface area contributed by atoms with Crippen LogP contribution in [0.25, 0.3) is 0 Å². The molecule has 1 heterocycles. The first-order valence-electron chi connectivity index (χ1n) is 6.76. The molecule has 0 spiro atoms. The van der Waals surface area contributed by atoms with Crippen molar-refractivity contribution in [3.05, 3.63) is 30.1 Å². The molecule has 1 saturated heterocycles. The van der Waals surface area contributed by atoms with Gasteiger partial charge in [0.25, 0.3) is 0 Å². The van der Waals surface area contributed by atoms with Gasteiger partial charge in [0.15, 0.2) is 0 Å². The second-order valence-corrected chi connectivity index (χ2v) is 5.38. The number of nitrogens with two attached hydrogens (primary N) is 1. The Morgan fingerprint density at radius 2 is 2.15 bits per heavy atom. The van der Waals surface area contributed by atoms with Crippen molar-refractivity contribution in [3.63, 3.8) is 0 Å². The van der Waals surface area contributed by atoms with E-state index in [0.717, 1.165) is 25.9 Å². The number of nitrogens with zero attached hydrogens (tertiary/aromatic N) is 1. The normalized spacial score (nSPS) is 18.6. The molecule has 0 aromatic heterocycles. The molecule has 1 aromatic rings. The molecule has 0 atom stereocenters. The summed E-state index contributed by atoms with van der Waals surface area (Å²) >= 11 is 0. The molecule has 0 saturated carbocycles. The predicted octanol–water partition coefficient (Wildman–Crippen LogP) is 1.37. The highest BCUT2D eigenvalue weighted by Crippen LogP contribution is 2.20. The zero-order valence-electron chi connectivity index (χ0n) is 11.7. The number of halogens is 1. The molecule has 1 aromatic carbocycles. The van der Waals surface area contributed by atoms with Gasteiger partial charge >= 0.3 is 6.03 Å². The number of nitrogens with one attached hydrogen (secondary N) is 2. The van der Waals surface area contributed by atoms with Crippen LogP contribution in [0.15, 0.2) is 24.3 Å². The Kier molecular flexibility index (Phi) is 4.57. The van der Waals surface area contributed by atoms with Crippen molar-refractivity contribution in [2.75, 3.05) is 32.0 Å². The number of hydrogen-bond donors (Lipinski definition) is 3. The molecule has 1 aliphatic heterocycles. The fraction of sp³-hybridized carbons (Fsp3) is 0.500. The third-order valence-electron chi connectivity index (χ3n) is 3.80. The molecule has 0 unspecified atom stereocenters. The van der Waals surface area contributed by atoms with Crippen LogP contribution in [0.2, 0.25) is 0 Å². The molecule has 1 aliphatic rings. The minimum absolute atomic E-state index is 0.342. The molecule has 0 bridgehead atoms. The standard InChI is InChI=1S/C14H21FN4O/c1-19-7-5-14(10-16,6-8-19)18-13(20)17-12-4-2-3-11(15)9-12/h2-4,9H,5-8,10,16H2,1H3,(H2,17,18,20). The van der Waals surface area contributed by atoms with Gasteiger partial charge in [-0.3, -0.25) is 0 Å². The van der Waals surface area contributed by atoms with Crippen LogP contribution in [0.3, 0.4) is 0 Å². The Balaban J connectivity index is 1.96. The number of rotatable bonds is 3. The minimum atomic E-state index is -0.379. The number of likely N-dealkylation sites (tertiary alicyclic amines) is 1. The van der Waals surface area contributed by atoms with Gasteiger partial charge in [-0.25, -0.2) is 9.18 Å². The molecule has 0 radical (unpaired) electrons. The first-order chi connectivity index (χ1) is 9.53. The predicted molar refractivity (Wildman–Crippen MR) is 77.1 cm³/mol. The van der Waals surface area contributed by atoms with Crippen LogP contribution in [0, 0.1) is 5.82 Å². The Bertz CT molecular complexity index is 472. The van der Waals surface area contributed by atoms with Crippen LogP contribution in [-0.4, -0.2) is 43.2 Å². The molecule has 2 amide bonds. The lowest BCUT2D eigenvalue weighted by Gasteiger charge is -2.40. The van der Waals surface area contributed by atoms with Gasteiger partial charge in [0.2, 0.25) is 0 Å². The number of anilines is 1. The average molecular weight is 280 g/mol. The van der Waals surface area contributed by atoms with Crippen LogP contribution in [0.5, 0.6) is 0 Å². The van der Waals surface area contributed by atoms with Crippen LogP contribution < -0.4 is 16.4 Å². The van der Waals surface area contributed by atoms with Crippen molar-refractivity contribution >= 4 is 11.7 Å². The second kappa shape index (κ2) is 6.19. The molecule has 2 rings (SSSR count). The molecule has 4 N–H and O–H groups in total. The monoisotopic (exact) mass is 280 g/mol. The maximum Gasteiger partial charge on any atom is 0.319 e. The van der Waals surface area contributed by atoms with Crippen LogP contribution >= 0.6 is 0 Å². The van der Waals surface area contributed by atoms with E-state index in [9.17, 15) is 9.18 Å². The van der Waals surface area contributed by atoms with Crippen molar-refractivity contribution in [2.45, 2.75) is 18.4 Å². The zero-order valence-corrected chi connectivity index (χ0v) is 11.7. The van der Waals surface area contributed by atoms with Gasteiger partial charge in [-0.15, -0.1) is 0 Å². The van der Waals surface area contributed by atoms with E-state index in [2.05, 4.69) is 15.5 Å². The second-order valence-electron chi connectivity index (χ2n) is 5.38. The first-order valence-corrected chi connectivity index (χ1v) is 6.76. The number of piperidine rings is 1. The molecule has 6 heteroatoms. The lowest BCUT2D eigenvalue weighted by atomic mass is 9.88. The third-order valence-corrected chi connectivity index (χ3v) is 3.80. The molecule has 0 aliphatic carbocycles. The summed E-state index contributed by atoms with van der Waals surface area (Å²) in [6.45, 7) is 2.20. The summed E-state index contributed by atoms with van der Waals surface area (Å²) in [6, 6.07) is 5.47. The number of carbonyl (C=O) groups is 1. The van der Waals surface area contributed by atoms with E-state index in [0.29, 0.717) is 12.2 Å². The van der Waals surface area contributed by atoms with E-state index < -0.39 is 0 Å². The lowest BCUT2D eigenvalue weighted by molar-refractivity contribution is 0.165. The number of benzene rings is 1. The van der Waals surface area contributed by atoms with Gasteiger partial charge in [0, 0.05) is 25.3 Å². The fourth-order valence-electron chi connectivity index (χ4n) is 2.40. The Morgan fingerprint density at radius 3 is 2.75 bits per heavy atom. The number of urea groups is 1. The summed E-state index contributed by atoms with van der Waals surface area (Å²) in [6.07, 6.45) is 1.63. The maximum absolute atomic E-state index is 13.1. The van der Waals surface area contributed by atoms with Crippen LogP contribution in [-0.2, 0) is 0 Å². The van der Waals surface area contributed by atoms with Gasteiger partial charge in [0.1, 0.15) is 5.82 Å². The van der Waals surface area contributed by atoms with Gasteiger partial charge < -0.3 is 21.3 Å². The minimum Gasteiger partial charge on any atom is -0.331 e. The van der Waals surface area contributed by atoms with Crippen molar-refractivity contribution in [2.24, 2.45) is 5.73 Å². The largest absolute Gasteiger partial charge is 0.331 e. The zero-order chi connectivity index (χ0) is 14.6. The Labute approximate surface area is 118 Å². The van der Waals surface area contributed by atoms with Gasteiger partial charge in [-0.05, 0) is 38.1 Å². The number of carbonyl (C=O) groups excluding carboxylic acids is 1. The molecular formula is C14H21FN4O. The van der Waals surface area contributed by atoms with E-state index in [1.54, 1.807) is 12.1 Å². The van der Waals surface area contributed by atoms with Gasteiger partial charge in [-0.1, -0.05) is 6.07 Å². The highest BCUT2D eigenvalue weighted by Gasteiger charge is 2.33. The summed E-state index contributed by atoms with van der Waals surface area (Å²) in [4.78, 5) is 14.2. The van der Waals surface area contributed by atoms with E-state index in [4.69, 9.17) is 5.73 Å². The van der Waals surface area contributed by atoms with Gasteiger partial charge in [-0.2, -0.15) is 0 Å². The van der Waals surface area contributed by atoms with Crippen molar-refractivity contribution < 1.29 is 9.18 Å². The van der Waals surface area contributed by atoms with E-state index in [-0.39, 0.29) is 17.4 Å². The third kappa shape index (κ3) is 3.68. The summed E-state index contributed by atoms with van der Waals surface area (Å²) in [7, 11) is 2.05. The average Bonchev–Trinajstić information content (AvgIpc) is 2.41. The van der Waals surface area contributed by atoms with E-state index in [1.165, 1.54) is 12.1 Å². The van der Waals surface area contributed by atoms with E-state index >= 15 is 0 Å². The Morgan fingerprint density at radius 1 is 1.45 bits per heavy atom. The topological polar surface area (TPSA) is 70.4 Å². The van der Waals surface area contributed by atoms with Crippen LogP contribution in [0.4, 0.5) is 14.9 Å². The number of hydrogen-bond acceptors (Lipinski definition) is 3. The molecule has 110 valence electrons. The molecule has 20 heavy (non-hydrogen) atoms. The van der Waals surface area contributed by atoms with E-state index in [1.807, 2.05) is 7.05 Å². The smallest absolute Gasteiger partial charge is 0.319 e. The highest BCUT2D eigenvalue weighted by molar-refractivity contribution is 5.89. The van der Waals surface area contributed by atoms with Crippen molar-refractivity contribution in [1.82, 2.24) is 10.2 Å². The molecule has 1 fully saturated rings. The van der Waals surface area contributed by atoms with Crippen molar-refractivity contribution in [1.29, 1.82) is 0 Å². The van der Waals surface area contributed by atoms with Crippen molar-refractivity contribution in [3.8, 4) is 0 Å². The highest BCUT2D eigenvalue weighted by atomic mass is 19.1. The van der Waals surface area contributed by atoms with Gasteiger partial charge in [0.05, 0.1) is 5.54 Å². The summed E-state index contributed by atoms with van der Waals surface area (Å²) in [5.41, 5.74) is 5.89. The number of amides is 2. The fourth-order valence-corrected chi connectivity index (χ4v) is 2.40. The maximum atomic E-state index is 13.1. The lowest BCUT2D eigenvalue weighted by Crippen LogP contribution is -2.59. The summed E-state index contributed by atoms with van der Waals surface area (Å²) < 4.78 is 13.1. The quantitative estimate of drug-likeness (QED) is 0.783. The molecular weight excluding hydrogens is 259 g/mol. The SMILES string of the molecule is CN1CCC(CN)(NC(=O)Nc2cccc(F)c2)CC1.